The second-order valence-corrected chi connectivity index (χ2v) is 4.31. The molecule has 90 valence electrons. The third kappa shape index (κ3) is 2.67. The summed E-state index contributed by atoms with van der Waals surface area (Å²) in [5.41, 5.74) is 0.806. The molecule has 0 spiro atoms. The summed E-state index contributed by atoms with van der Waals surface area (Å²) < 4.78 is 10.8. The molecule has 0 aliphatic carbocycles. The van der Waals surface area contributed by atoms with Crippen LogP contribution < -0.4 is 9.47 Å². The maximum Gasteiger partial charge on any atom is 0.125 e. The van der Waals surface area contributed by atoms with Crippen LogP contribution in [0, 0.1) is 6.92 Å². The number of hydrogen-bond donors (Lipinski definition) is 1. The van der Waals surface area contributed by atoms with E-state index in [1.54, 1.807) is 21.0 Å². The van der Waals surface area contributed by atoms with Gasteiger partial charge < -0.3 is 14.6 Å². The Bertz CT molecular complexity index is 364. The van der Waals surface area contributed by atoms with E-state index in [-0.39, 0.29) is 0 Å². The summed E-state index contributed by atoms with van der Waals surface area (Å²) >= 11 is 0. The summed E-state index contributed by atoms with van der Waals surface area (Å²) in [4.78, 5) is 0. The summed E-state index contributed by atoms with van der Waals surface area (Å²) in [6.07, 6.45) is 0. The van der Waals surface area contributed by atoms with E-state index in [0.717, 1.165) is 16.9 Å². The van der Waals surface area contributed by atoms with E-state index < -0.39 is 5.60 Å². The fourth-order valence-corrected chi connectivity index (χ4v) is 1.62. The number of hydrogen-bond acceptors (Lipinski definition) is 3. The van der Waals surface area contributed by atoms with Crippen molar-refractivity contribution in [2.24, 2.45) is 0 Å². The van der Waals surface area contributed by atoms with Gasteiger partial charge in [-0.05, 0) is 45.4 Å². The minimum absolute atomic E-state index is 0.610. The number of benzene rings is 1. The molecule has 0 saturated carbocycles. The molecule has 0 saturated heterocycles. The number of aryl methyl sites for hydroxylation is 1. The van der Waals surface area contributed by atoms with Crippen LogP contribution in [0.1, 0.15) is 31.9 Å². The van der Waals surface area contributed by atoms with Crippen molar-refractivity contribution in [2.75, 3.05) is 13.7 Å². The Morgan fingerprint density at radius 3 is 2.31 bits per heavy atom. The first-order valence-corrected chi connectivity index (χ1v) is 5.44. The molecule has 0 bridgehead atoms. The summed E-state index contributed by atoms with van der Waals surface area (Å²) in [6, 6.07) is 3.73. The van der Waals surface area contributed by atoms with Crippen molar-refractivity contribution in [3.05, 3.63) is 23.3 Å². The number of methoxy groups -OCH3 is 1. The molecule has 1 rings (SSSR count). The largest absolute Gasteiger partial charge is 0.496 e. The molecule has 3 nitrogen and oxygen atoms in total. The van der Waals surface area contributed by atoms with E-state index in [1.165, 1.54) is 0 Å². The number of ether oxygens (including phenoxy) is 2. The summed E-state index contributed by atoms with van der Waals surface area (Å²) in [6.45, 7) is 7.97. The second kappa shape index (κ2) is 4.74. The van der Waals surface area contributed by atoms with Gasteiger partial charge in [0.25, 0.3) is 0 Å². The Labute approximate surface area is 97.0 Å². The summed E-state index contributed by atoms with van der Waals surface area (Å²) in [5, 5.41) is 10.0. The van der Waals surface area contributed by atoms with Gasteiger partial charge in [0.1, 0.15) is 11.5 Å². The topological polar surface area (TPSA) is 38.7 Å². The van der Waals surface area contributed by atoms with E-state index in [1.807, 2.05) is 26.0 Å². The van der Waals surface area contributed by atoms with Crippen LogP contribution in [0.25, 0.3) is 0 Å². The molecule has 0 fully saturated rings. The zero-order valence-corrected chi connectivity index (χ0v) is 10.6. The molecular formula is C13H20O3. The summed E-state index contributed by atoms with van der Waals surface area (Å²) in [7, 11) is 1.60. The van der Waals surface area contributed by atoms with Gasteiger partial charge in [-0.25, -0.2) is 0 Å². The van der Waals surface area contributed by atoms with Crippen molar-refractivity contribution in [1.82, 2.24) is 0 Å². The zero-order chi connectivity index (χ0) is 12.3. The SMILES string of the molecule is CCOc1cc(C(C)(C)O)c(OC)cc1C. The highest BCUT2D eigenvalue weighted by molar-refractivity contribution is 5.48. The molecule has 0 aliphatic heterocycles. The minimum atomic E-state index is -0.940. The molecule has 16 heavy (non-hydrogen) atoms. The lowest BCUT2D eigenvalue weighted by molar-refractivity contribution is 0.0752. The van der Waals surface area contributed by atoms with Crippen LogP contribution in [0.15, 0.2) is 12.1 Å². The maximum absolute atomic E-state index is 10.0. The fourth-order valence-electron chi connectivity index (χ4n) is 1.62. The van der Waals surface area contributed by atoms with E-state index in [2.05, 4.69) is 0 Å². The van der Waals surface area contributed by atoms with E-state index >= 15 is 0 Å². The Kier molecular flexibility index (Phi) is 3.81. The minimum Gasteiger partial charge on any atom is -0.496 e. The van der Waals surface area contributed by atoms with Gasteiger partial charge in [-0.15, -0.1) is 0 Å². The monoisotopic (exact) mass is 224 g/mol. The molecule has 0 heterocycles. The van der Waals surface area contributed by atoms with Gasteiger partial charge in [0.2, 0.25) is 0 Å². The predicted octanol–water partition coefficient (Wildman–Crippen LogP) is 2.63. The Hall–Kier alpha value is -1.22. The first kappa shape index (κ1) is 12.8. The Morgan fingerprint density at radius 2 is 1.88 bits per heavy atom. The first-order valence-electron chi connectivity index (χ1n) is 5.44. The predicted molar refractivity (Wildman–Crippen MR) is 64.1 cm³/mol. The highest BCUT2D eigenvalue weighted by Gasteiger charge is 2.22. The molecule has 0 aliphatic rings. The molecule has 3 heteroatoms. The normalized spacial score (nSPS) is 11.4. The summed E-state index contributed by atoms with van der Waals surface area (Å²) in [5.74, 6) is 1.48. The van der Waals surface area contributed by atoms with Gasteiger partial charge in [-0.2, -0.15) is 0 Å². The average molecular weight is 224 g/mol. The average Bonchev–Trinajstić information content (AvgIpc) is 2.19. The maximum atomic E-state index is 10.0. The van der Waals surface area contributed by atoms with Crippen molar-refractivity contribution in [2.45, 2.75) is 33.3 Å². The zero-order valence-electron chi connectivity index (χ0n) is 10.6. The quantitative estimate of drug-likeness (QED) is 0.854. The first-order chi connectivity index (χ1) is 7.40. The molecule has 0 amide bonds. The molecular weight excluding hydrogens is 204 g/mol. The van der Waals surface area contributed by atoms with Gasteiger partial charge in [0, 0.05) is 5.56 Å². The third-order valence-corrected chi connectivity index (χ3v) is 2.46. The molecule has 0 unspecified atom stereocenters. The van der Waals surface area contributed by atoms with Crippen LogP contribution in [-0.2, 0) is 5.60 Å². The molecule has 0 aromatic heterocycles. The van der Waals surface area contributed by atoms with Crippen LogP contribution in [0.5, 0.6) is 11.5 Å². The van der Waals surface area contributed by atoms with Gasteiger partial charge in [-0.3, -0.25) is 0 Å². The van der Waals surface area contributed by atoms with Crippen molar-refractivity contribution in [3.8, 4) is 11.5 Å². The smallest absolute Gasteiger partial charge is 0.125 e. The van der Waals surface area contributed by atoms with Gasteiger partial charge in [0.05, 0.1) is 19.3 Å². The highest BCUT2D eigenvalue weighted by Crippen LogP contribution is 2.35. The molecule has 0 radical (unpaired) electrons. The lowest BCUT2D eigenvalue weighted by Gasteiger charge is -2.22. The number of aliphatic hydroxyl groups is 1. The van der Waals surface area contributed by atoms with Crippen LogP contribution in [0.2, 0.25) is 0 Å². The standard InChI is InChI=1S/C13H20O3/c1-6-16-11-8-10(13(3,4)14)12(15-5)7-9(11)2/h7-8,14H,6H2,1-5H3. The lowest BCUT2D eigenvalue weighted by Crippen LogP contribution is -2.17. The van der Waals surface area contributed by atoms with Crippen LogP contribution in [-0.4, -0.2) is 18.8 Å². The van der Waals surface area contributed by atoms with Gasteiger partial charge in [0.15, 0.2) is 0 Å². The lowest BCUT2D eigenvalue weighted by atomic mass is 9.95. The van der Waals surface area contributed by atoms with Gasteiger partial charge >= 0.3 is 0 Å². The fraction of sp³-hybridized carbons (Fsp3) is 0.538. The van der Waals surface area contributed by atoms with E-state index in [0.29, 0.717) is 12.4 Å². The van der Waals surface area contributed by atoms with Crippen LogP contribution in [0.3, 0.4) is 0 Å². The highest BCUT2D eigenvalue weighted by atomic mass is 16.5. The molecule has 1 aromatic rings. The van der Waals surface area contributed by atoms with Crippen LogP contribution in [0.4, 0.5) is 0 Å². The Morgan fingerprint density at radius 1 is 1.25 bits per heavy atom. The van der Waals surface area contributed by atoms with Crippen LogP contribution >= 0.6 is 0 Å². The molecule has 0 atom stereocenters. The molecule has 1 aromatic carbocycles. The van der Waals surface area contributed by atoms with Crippen molar-refractivity contribution in [3.63, 3.8) is 0 Å². The van der Waals surface area contributed by atoms with Crippen molar-refractivity contribution < 1.29 is 14.6 Å². The van der Waals surface area contributed by atoms with E-state index in [9.17, 15) is 5.11 Å². The van der Waals surface area contributed by atoms with Crippen molar-refractivity contribution >= 4 is 0 Å². The van der Waals surface area contributed by atoms with E-state index in [4.69, 9.17) is 9.47 Å². The Balaban J connectivity index is 3.29. The second-order valence-electron chi connectivity index (χ2n) is 4.31. The number of rotatable bonds is 4. The third-order valence-electron chi connectivity index (χ3n) is 2.46. The van der Waals surface area contributed by atoms with Crippen molar-refractivity contribution in [1.29, 1.82) is 0 Å². The van der Waals surface area contributed by atoms with Gasteiger partial charge in [-0.1, -0.05) is 0 Å². The molecule has 1 N–H and O–H groups in total.